The van der Waals surface area contributed by atoms with Crippen LogP contribution in [0, 0.1) is 13.8 Å². The number of rotatable bonds is 6. The molecule has 3 aromatic rings. The lowest BCUT2D eigenvalue weighted by molar-refractivity contribution is 0.0946. The monoisotopic (exact) mass is 366 g/mol. The quantitative estimate of drug-likeness (QED) is 0.699. The fourth-order valence-electron chi connectivity index (χ4n) is 2.85. The van der Waals surface area contributed by atoms with Crippen LogP contribution in [0.2, 0.25) is 0 Å². The standard InChI is InChI=1S/C21H22N2O2S/c1-14-8-9-18(15(2)10-14)21-23-19(13-26-21)20(24)22-11-16-6-4-5-7-17(16)12-25-3/h4-10,13H,11-12H2,1-3H3,(H,22,24). The minimum atomic E-state index is -0.163. The van der Waals surface area contributed by atoms with E-state index in [1.165, 1.54) is 22.5 Å². The van der Waals surface area contributed by atoms with E-state index in [4.69, 9.17) is 4.74 Å². The molecule has 0 aliphatic heterocycles. The Bertz CT molecular complexity index is 918. The van der Waals surface area contributed by atoms with Gasteiger partial charge in [-0.05, 0) is 30.5 Å². The summed E-state index contributed by atoms with van der Waals surface area (Å²) in [6.45, 7) is 5.11. The highest BCUT2D eigenvalue weighted by Crippen LogP contribution is 2.27. The zero-order valence-electron chi connectivity index (χ0n) is 15.2. The zero-order valence-corrected chi connectivity index (χ0v) is 16.0. The number of carbonyl (C=O) groups is 1. The SMILES string of the molecule is COCc1ccccc1CNC(=O)c1csc(-c2ccc(C)cc2C)n1. The highest BCUT2D eigenvalue weighted by atomic mass is 32.1. The summed E-state index contributed by atoms with van der Waals surface area (Å²) in [6, 6.07) is 14.2. The number of aromatic nitrogens is 1. The summed E-state index contributed by atoms with van der Waals surface area (Å²) in [5.41, 5.74) is 6.03. The van der Waals surface area contributed by atoms with Gasteiger partial charge in [0.2, 0.25) is 0 Å². The molecule has 0 atom stereocenters. The summed E-state index contributed by atoms with van der Waals surface area (Å²) in [5.74, 6) is -0.163. The summed E-state index contributed by atoms with van der Waals surface area (Å²) < 4.78 is 5.21. The first kappa shape index (κ1) is 18.3. The van der Waals surface area contributed by atoms with Gasteiger partial charge in [-0.3, -0.25) is 4.79 Å². The van der Waals surface area contributed by atoms with Crippen molar-refractivity contribution in [1.82, 2.24) is 10.3 Å². The molecular formula is C21H22N2O2S. The number of methoxy groups -OCH3 is 1. The summed E-state index contributed by atoms with van der Waals surface area (Å²) >= 11 is 1.49. The van der Waals surface area contributed by atoms with E-state index >= 15 is 0 Å². The lowest BCUT2D eigenvalue weighted by atomic mass is 10.1. The third-order valence-electron chi connectivity index (χ3n) is 4.21. The number of ether oxygens (including phenoxy) is 1. The molecule has 0 saturated carbocycles. The molecular weight excluding hydrogens is 344 g/mol. The van der Waals surface area contributed by atoms with E-state index < -0.39 is 0 Å². The maximum absolute atomic E-state index is 12.5. The van der Waals surface area contributed by atoms with E-state index in [9.17, 15) is 4.79 Å². The maximum Gasteiger partial charge on any atom is 0.271 e. The predicted octanol–water partition coefficient (Wildman–Crippen LogP) is 4.50. The van der Waals surface area contributed by atoms with Gasteiger partial charge in [0.1, 0.15) is 10.7 Å². The molecule has 0 radical (unpaired) electrons. The molecule has 0 unspecified atom stereocenters. The summed E-state index contributed by atoms with van der Waals surface area (Å²) in [4.78, 5) is 17.0. The van der Waals surface area contributed by atoms with Gasteiger partial charge in [0, 0.05) is 24.6 Å². The molecule has 0 aliphatic rings. The number of carbonyl (C=O) groups excluding carboxylic acids is 1. The minimum absolute atomic E-state index is 0.163. The molecule has 3 rings (SSSR count). The average Bonchev–Trinajstić information content (AvgIpc) is 3.11. The van der Waals surface area contributed by atoms with Crippen LogP contribution in [-0.2, 0) is 17.9 Å². The van der Waals surface area contributed by atoms with Crippen molar-refractivity contribution in [3.63, 3.8) is 0 Å². The number of hydrogen-bond donors (Lipinski definition) is 1. The molecule has 4 nitrogen and oxygen atoms in total. The second-order valence-electron chi connectivity index (χ2n) is 6.24. The third-order valence-corrected chi connectivity index (χ3v) is 5.08. The van der Waals surface area contributed by atoms with Gasteiger partial charge in [0.05, 0.1) is 6.61 Å². The highest BCUT2D eigenvalue weighted by Gasteiger charge is 2.13. The third kappa shape index (κ3) is 4.18. The van der Waals surface area contributed by atoms with Crippen molar-refractivity contribution in [3.05, 3.63) is 75.8 Å². The predicted molar refractivity (Wildman–Crippen MR) is 105 cm³/mol. The number of hydrogen-bond acceptors (Lipinski definition) is 4. The molecule has 1 heterocycles. The first-order valence-electron chi connectivity index (χ1n) is 8.45. The van der Waals surface area contributed by atoms with E-state index in [0.29, 0.717) is 18.8 Å². The Labute approximate surface area is 157 Å². The van der Waals surface area contributed by atoms with Gasteiger partial charge in [-0.25, -0.2) is 4.98 Å². The van der Waals surface area contributed by atoms with E-state index in [1.54, 1.807) is 7.11 Å². The Morgan fingerprint density at radius 3 is 2.65 bits per heavy atom. The van der Waals surface area contributed by atoms with E-state index in [-0.39, 0.29) is 5.91 Å². The molecule has 1 N–H and O–H groups in total. The first-order valence-corrected chi connectivity index (χ1v) is 9.33. The average molecular weight is 366 g/mol. The van der Waals surface area contributed by atoms with Gasteiger partial charge in [-0.15, -0.1) is 11.3 Å². The van der Waals surface area contributed by atoms with Gasteiger partial charge < -0.3 is 10.1 Å². The first-order chi connectivity index (χ1) is 12.6. The summed E-state index contributed by atoms with van der Waals surface area (Å²) in [6.07, 6.45) is 0. The minimum Gasteiger partial charge on any atom is -0.380 e. The van der Waals surface area contributed by atoms with Gasteiger partial charge in [0.25, 0.3) is 5.91 Å². The summed E-state index contributed by atoms with van der Waals surface area (Å²) in [7, 11) is 1.67. The molecule has 0 spiro atoms. The van der Waals surface area contributed by atoms with Crippen molar-refractivity contribution in [3.8, 4) is 10.6 Å². The van der Waals surface area contributed by atoms with Crippen molar-refractivity contribution in [2.45, 2.75) is 27.0 Å². The van der Waals surface area contributed by atoms with Crippen molar-refractivity contribution in [2.24, 2.45) is 0 Å². The molecule has 0 fully saturated rings. The van der Waals surface area contributed by atoms with Crippen molar-refractivity contribution in [1.29, 1.82) is 0 Å². The molecule has 1 aromatic heterocycles. The lowest BCUT2D eigenvalue weighted by Gasteiger charge is -2.09. The molecule has 5 heteroatoms. The molecule has 1 amide bonds. The van der Waals surface area contributed by atoms with Crippen LogP contribution in [0.4, 0.5) is 0 Å². The number of nitrogens with one attached hydrogen (secondary N) is 1. The van der Waals surface area contributed by atoms with Crippen molar-refractivity contribution >= 4 is 17.2 Å². The van der Waals surface area contributed by atoms with Gasteiger partial charge >= 0.3 is 0 Å². The Morgan fingerprint density at radius 1 is 1.15 bits per heavy atom. The fraction of sp³-hybridized carbons (Fsp3) is 0.238. The maximum atomic E-state index is 12.5. The van der Waals surface area contributed by atoms with Crippen molar-refractivity contribution < 1.29 is 9.53 Å². The number of thiazole rings is 1. The van der Waals surface area contributed by atoms with Crippen LogP contribution >= 0.6 is 11.3 Å². The molecule has 134 valence electrons. The summed E-state index contributed by atoms with van der Waals surface area (Å²) in [5, 5.41) is 5.63. The normalized spacial score (nSPS) is 10.7. The topological polar surface area (TPSA) is 51.2 Å². The van der Waals surface area contributed by atoms with Crippen LogP contribution in [0.25, 0.3) is 10.6 Å². The van der Waals surface area contributed by atoms with E-state index in [2.05, 4.69) is 42.3 Å². The molecule has 0 aliphatic carbocycles. The second-order valence-corrected chi connectivity index (χ2v) is 7.10. The van der Waals surface area contributed by atoms with Crippen LogP contribution < -0.4 is 5.32 Å². The number of aryl methyl sites for hydroxylation is 2. The van der Waals surface area contributed by atoms with Crippen LogP contribution in [0.15, 0.2) is 47.8 Å². The second kappa shape index (κ2) is 8.25. The smallest absolute Gasteiger partial charge is 0.271 e. The van der Waals surface area contributed by atoms with Crippen molar-refractivity contribution in [2.75, 3.05) is 7.11 Å². The Balaban J connectivity index is 1.71. The largest absolute Gasteiger partial charge is 0.380 e. The van der Waals surface area contributed by atoms with Crippen LogP contribution in [0.1, 0.15) is 32.7 Å². The molecule has 0 saturated heterocycles. The zero-order chi connectivity index (χ0) is 18.5. The van der Waals surface area contributed by atoms with Gasteiger partial charge in [-0.2, -0.15) is 0 Å². The molecule has 2 aromatic carbocycles. The number of nitrogens with zero attached hydrogens (tertiary/aromatic N) is 1. The lowest BCUT2D eigenvalue weighted by Crippen LogP contribution is -2.23. The van der Waals surface area contributed by atoms with Crippen LogP contribution in [-0.4, -0.2) is 18.0 Å². The van der Waals surface area contributed by atoms with Gasteiger partial charge in [0.15, 0.2) is 0 Å². The van der Waals surface area contributed by atoms with Gasteiger partial charge in [-0.1, -0.05) is 48.0 Å². The Morgan fingerprint density at radius 2 is 1.92 bits per heavy atom. The Kier molecular flexibility index (Phi) is 5.81. The molecule has 26 heavy (non-hydrogen) atoms. The Hall–Kier alpha value is -2.50. The highest BCUT2D eigenvalue weighted by molar-refractivity contribution is 7.13. The van der Waals surface area contributed by atoms with Crippen LogP contribution in [0.3, 0.4) is 0 Å². The number of amides is 1. The molecule has 0 bridgehead atoms. The van der Waals surface area contributed by atoms with E-state index in [1.807, 2.05) is 29.6 Å². The van der Waals surface area contributed by atoms with E-state index in [0.717, 1.165) is 21.7 Å². The fourth-order valence-corrected chi connectivity index (χ4v) is 3.74. The number of benzene rings is 2. The van der Waals surface area contributed by atoms with Crippen LogP contribution in [0.5, 0.6) is 0 Å².